The van der Waals surface area contributed by atoms with Gasteiger partial charge in [-0.1, -0.05) is 19.1 Å². The summed E-state index contributed by atoms with van der Waals surface area (Å²) in [5.41, 5.74) is 6.90. The van der Waals surface area contributed by atoms with Crippen molar-refractivity contribution in [3.63, 3.8) is 0 Å². The van der Waals surface area contributed by atoms with Gasteiger partial charge in [-0.2, -0.15) is 0 Å². The fourth-order valence-electron chi connectivity index (χ4n) is 4.29. The number of allylic oxidation sites excluding steroid dienone is 1. The van der Waals surface area contributed by atoms with E-state index in [0.29, 0.717) is 24.3 Å². The van der Waals surface area contributed by atoms with Crippen LogP contribution in [0.5, 0.6) is 0 Å². The molecule has 0 bridgehead atoms. The summed E-state index contributed by atoms with van der Waals surface area (Å²) in [6.07, 6.45) is 6.51. The van der Waals surface area contributed by atoms with Crippen molar-refractivity contribution in [1.29, 1.82) is 0 Å². The summed E-state index contributed by atoms with van der Waals surface area (Å²) >= 11 is 0. The summed E-state index contributed by atoms with van der Waals surface area (Å²) in [6, 6.07) is 3.75. The van der Waals surface area contributed by atoms with Gasteiger partial charge in [0.15, 0.2) is 0 Å². The van der Waals surface area contributed by atoms with Gasteiger partial charge < -0.3 is 15.2 Å². The largest absolute Gasteiger partial charge is 0.455 e. The van der Waals surface area contributed by atoms with Gasteiger partial charge in [-0.3, -0.25) is 0 Å². The Morgan fingerprint density at radius 3 is 3.18 bits per heavy atom. The van der Waals surface area contributed by atoms with Crippen molar-refractivity contribution in [1.82, 2.24) is 4.98 Å². The Morgan fingerprint density at radius 2 is 2.36 bits per heavy atom. The van der Waals surface area contributed by atoms with Crippen LogP contribution >= 0.6 is 0 Å². The molecule has 0 aromatic carbocycles. The summed E-state index contributed by atoms with van der Waals surface area (Å²) in [4.78, 5) is 16.3. The van der Waals surface area contributed by atoms with Gasteiger partial charge in [-0.05, 0) is 37.2 Å². The average Bonchev–Trinajstić information content (AvgIpc) is 2.97. The molecular weight excluding hydrogens is 280 g/mol. The highest BCUT2D eigenvalue weighted by Crippen LogP contribution is 2.55. The molecule has 2 fully saturated rings. The Labute approximate surface area is 129 Å². The maximum absolute atomic E-state index is 12.2. The first-order valence-corrected chi connectivity index (χ1v) is 7.88. The van der Waals surface area contributed by atoms with Crippen LogP contribution in [0.1, 0.15) is 31.7 Å². The lowest BCUT2D eigenvalue weighted by molar-refractivity contribution is -0.142. The second-order valence-electron chi connectivity index (χ2n) is 6.59. The molecule has 0 amide bonds. The van der Waals surface area contributed by atoms with Crippen molar-refractivity contribution >= 4 is 11.8 Å². The zero-order valence-corrected chi connectivity index (χ0v) is 12.6. The summed E-state index contributed by atoms with van der Waals surface area (Å²) in [6.45, 7) is 2.50. The first kappa shape index (κ1) is 13.8. The predicted molar refractivity (Wildman–Crippen MR) is 80.6 cm³/mol. The standard InChI is InChI=1S/C17H20N2O3/c1-10-7-12-4-5-14-17(12,13(8-10)16(20)22-14)21-9-11-3-2-6-19-15(11)18/h2-3,6,8,10,12,14H,4-5,7,9H2,1H3,(H2,18,19)/t10-,12?,14+,17-/m0/s1. The number of carbonyl (C=O) groups is 1. The zero-order chi connectivity index (χ0) is 15.3. The van der Waals surface area contributed by atoms with Crippen LogP contribution in [0.3, 0.4) is 0 Å². The van der Waals surface area contributed by atoms with Crippen molar-refractivity contribution in [2.24, 2.45) is 11.8 Å². The number of anilines is 1. The lowest BCUT2D eigenvalue weighted by Gasteiger charge is -2.38. The third-order valence-electron chi connectivity index (χ3n) is 5.25. The fraction of sp³-hybridized carbons (Fsp3) is 0.529. The van der Waals surface area contributed by atoms with E-state index in [9.17, 15) is 4.79 Å². The van der Waals surface area contributed by atoms with Crippen LogP contribution in [0.2, 0.25) is 0 Å². The van der Waals surface area contributed by atoms with E-state index in [1.807, 2.05) is 18.2 Å². The lowest BCUT2D eigenvalue weighted by atomic mass is 9.73. The first-order chi connectivity index (χ1) is 10.6. The van der Waals surface area contributed by atoms with E-state index in [0.717, 1.165) is 30.4 Å². The Bertz CT molecular complexity index is 657. The van der Waals surface area contributed by atoms with Gasteiger partial charge in [0, 0.05) is 11.8 Å². The number of ether oxygens (including phenoxy) is 2. The average molecular weight is 300 g/mol. The van der Waals surface area contributed by atoms with Crippen molar-refractivity contribution < 1.29 is 14.3 Å². The summed E-state index contributed by atoms with van der Waals surface area (Å²) in [7, 11) is 0. The van der Waals surface area contributed by atoms with Crippen LogP contribution in [0.4, 0.5) is 5.82 Å². The Balaban J connectivity index is 1.68. The minimum Gasteiger partial charge on any atom is -0.455 e. The van der Waals surface area contributed by atoms with Crippen molar-refractivity contribution in [2.75, 3.05) is 5.73 Å². The molecule has 1 aromatic heterocycles. The summed E-state index contributed by atoms with van der Waals surface area (Å²) in [5.74, 6) is 1.01. The number of nitrogens with zero attached hydrogens (tertiary/aromatic N) is 1. The molecule has 22 heavy (non-hydrogen) atoms. The molecular formula is C17H20N2O3. The molecule has 5 heteroatoms. The number of nitrogens with two attached hydrogens (primary N) is 1. The van der Waals surface area contributed by atoms with Crippen LogP contribution < -0.4 is 5.73 Å². The third kappa shape index (κ3) is 1.81. The van der Waals surface area contributed by atoms with Crippen LogP contribution in [0, 0.1) is 11.8 Å². The molecule has 2 N–H and O–H groups in total. The Morgan fingerprint density at radius 1 is 1.50 bits per heavy atom. The van der Waals surface area contributed by atoms with Gasteiger partial charge >= 0.3 is 5.97 Å². The van der Waals surface area contributed by atoms with Gasteiger partial charge in [0.1, 0.15) is 17.5 Å². The molecule has 1 aromatic rings. The van der Waals surface area contributed by atoms with Gasteiger partial charge in [0.2, 0.25) is 0 Å². The number of hydrogen-bond donors (Lipinski definition) is 1. The number of hydrogen-bond acceptors (Lipinski definition) is 5. The van der Waals surface area contributed by atoms with Crippen LogP contribution in [-0.2, 0) is 20.9 Å². The first-order valence-electron chi connectivity index (χ1n) is 7.88. The fourth-order valence-corrected chi connectivity index (χ4v) is 4.29. The molecule has 116 valence electrons. The molecule has 1 saturated carbocycles. The van der Waals surface area contributed by atoms with Crippen LogP contribution in [-0.4, -0.2) is 22.7 Å². The lowest BCUT2D eigenvalue weighted by Crippen LogP contribution is -2.46. The maximum atomic E-state index is 12.2. The van der Waals surface area contributed by atoms with Gasteiger partial charge in [0.05, 0.1) is 12.2 Å². The highest BCUT2D eigenvalue weighted by Gasteiger charge is 2.63. The SMILES string of the molecule is C[C@@H]1C=C2C(=O)O[C@@H]3CCC(C1)[C@]23OCc1cccnc1N. The Hall–Kier alpha value is -1.88. The van der Waals surface area contributed by atoms with Crippen molar-refractivity contribution in [3.05, 3.63) is 35.5 Å². The highest BCUT2D eigenvalue weighted by molar-refractivity contribution is 5.94. The minimum atomic E-state index is -0.578. The van der Waals surface area contributed by atoms with Gasteiger partial charge in [-0.15, -0.1) is 0 Å². The van der Waals surface area contributed by atoms with E-state index in [1.54, 1.807) is 6.20 Å². The van der Waals surface area contributed by atoms with E-state index in [1.165, 1.54) is 0 Å². The molecule has 1 aliphatic heterocycles. The second-order valence-corrected chi connectivity index (χ2v) is 6.59. The topological polar surface area (TPSA) is 74.4 Å². The molecule has 2 heterocycles. The molecule has 0 spiro atoms. The molecule has 2 aliphatic carbocycles. The Kier molecular flexibility index (Phi) is 3.01. The zero-order valence-electron chi connectivity index (χ0n) is 12.6. The van der Waals surface area contributed by atoms with E-state index < -0.39 is 5.60 Å². The number of esters is 1. The molecule has 3 aliphatic rings. The number of pyridine rings is 1. The van der Waals surface area contributed by atoms with E-state index in [-0.39, 0.29) is 12.1 Å². The molecule has 4 rings (SSSR count). The van der Waals surface area contributed by atoms with Crippen molar-refractivity contribution in [3.8, 4) is 0 Å². The normalized spacial score (nSPS) is 36.0. The molecule has 4 atom stereocenters. The molecule has 0 radical (unpaired) electrons. The van der Waals surface area contributed by atoms with E-state index in [2.05, 4.69) is 11.9 Å². The highest BCUT2D eigenvalue weighted by atomic mass is 16.6. The number of aromatic nitrogens is 1. The van der Waals surface area contributed by atoms with Gasteiger partial charge in [0.25, 0.3) is 0 Å². The molecule has 1 saturated heterocycles. The second kappa shape index (κ2) is 4.81. The molecule has 1 unspecified atom stereocenters. The third-order valence-corrected chi connectivity index (χ3v) is 5.25. The quantitative estimate of drug-likeness (QED) is 0.866. The van der Waals surface area contributed by atoms with E-state index >= 15 is 0 Å². The smallest absolute Gasteiger partial charge is 0.337 e. The number of nitrogen functional groups attached to an aromatic ring is 1. The van der Waals surface area contributed by atoms with Crippen LogP contribution in [0.25, 0.3) is 0 Å². The minimum absolute atomic E-state index is 0.151. The summed E-state index contributed by atoms with van der Waals surface area (Å²) < 4.78 is 11.9. The van der Waals surface area contributed by atoms with Crippen LogP contribution in [0.15, 0.2) is 30.0 Å². The van der Waals surface area contributed by atoms with Crippen molar-refractivity contribution in [2.45, 2.75) is 44.5 Å². The van der Waals surface area contributed by atoms with E-state index in [4.69, 9.17) is 15.2 Å². The predicted octanol–water partition coefficient (Wildman–Crippen LogP) is 2.22. The maximum Gasteiger partial charge on any atom is 0.337 e. The molecule has 5 nitrogen and oxygen atoms in total. The van der Waals surface area contributed by atoms with Gasteiger partial charge in [-0.25, -0.2) is 9.78 Å². The summed E-state index contributed by atoms with van der Waals surface area (Å²) in [5, 5.41) is 0. The number of carbonyl (C=O) groups excluding carboxylic acids is 1. The number of rotatable bonds is 3. The monoisotopic (exact) mass is 300 g/mol.